The topological polar surface area (TPSA) is 107 Å². The summed E-state index contributed by atoms with van der Waals surface area (Å²) in [6, 6.07) is 7.00. The molecule has 2 bridgehead atoms. The van der Waals surface area contributed by atoms with Crippen LogP contribution in [0, 0.1) is 20.8 Å². The molecule has 3 aliphatic heterocycles. The summed E-state index contributed by atoms with van der Waals surface area (Å²) >= 11 is 2.27. The Hall–Kier alpha value is -1.31. The molecule has 6 fully saturated rings. The zero-order valence-corrected chi connectivity index (χ0v) is 21.4. The number of benzene rings is 1. The van der Waals surface area contributed by atoms with Crippen molar-refractivity contribution >= 4 is 34.5 Å². The molecule has 35 heavy (non-hydrogen) atoms. The number of nitrogens with zero attached hydrogens (tertiary/aromatic N) is 1. The van der Waals surface area contributed by atoms with Gasteiger partial charge in [-0.15, -0.1) is 0 Å². The summed E-state index contributed by atoms with van der Waals surface area (Å²) in [4.78, 5) is 33.8. The van der Waals surface area contributed by atoms with Crippen LogP contribution in [0.2, 0.25) is 0 Å². The van der Waals surface area contributed by atoms with Crippen LogP contribution in [-0.2, 0) is 35.2 Å². The zero-order valence-electron chi connectivity index (χ0n) is 19.2. The number of hydrogen-bond donors (Lipinski definition) is 2. The van der Waals surface area contributed by atoms with E-state index in [-0.39, 0.29) is 19.1 Å². The van der Waals surface area contributed by atoms with Crippen molar-refractivity contribution < 1.29 is 33.7 Å². The third-order valence-electron chi connectivity index (χ3n) is 8.59. The molecule has 10 heteroatoms. The number of halogens is 1. The van der Waals surface area contributed by atoms with Crippen molar-refractivity contribution in [1.82, 2.24) is 10.4 Å². The van der Waals surface area contributed by atoms with Gasteiger partial charge >= 0.3 is 5.97 Å². The van der Waals surface area contributed by atoms with E-state index in [0.29, 0.717) is 24.8 Å². The highest BCUT2D eigenvalue weighted by atomic mass is 127. The summed E-state index contributed by atoms with van der Waals surface area (Å²) in [5.41, 5.74) is -0.179. The largest absolute Gasteiger partial charge is 0.458 e. The molecule has 3 aliphatic carbocycles. The Morgan fingerprint density at radius 3 is 2.54 bits per heavy atom. The molecule has 0 spiro atoms. The summed E-state index contributed by atoms with van der Waals surface area (Å²) in [6.45, 7) is 0.259. The standard InChI is InChI=1S/C25H29IN2O7/c26-16-4-2-1-3-13(16)12-28-20-22(30)32-17-11-24(20,23(31)27-9-10-29)21(35-28)19-18(17)33-25(34-19,14-5-6-14)15-7-8-15/h1-4,14-15,17-21,29H,5-12H2,(H,27,31)/t17-,18+,19+,20+,21-,24+/m1/s1. The molecule has 6 atom stereocenters. The molecular weight excluding hydrogens is 567 g/mol. The van der Waals surface area contributed by atoms with Crippen molar-refractivity contribution in [2.24, 2.45) is 17.3 Å². The number of nitrogens with one attached hydrogen (secondary N) is 1. The van der Waals surface area contributed by atoms with E-state index in [9.17, 15) is 14.7 Å². The quantitative estimate of drug-likeness (QED) is 0.361. The van der Waals surface area contributed by atoms with Crippen LogP contribution in [0.25, 0.3) is 0 Å². The van der Waals surface area contributed by atoms with E-state index in [4.69, 9.17) is 19.0 Å². The molecule has 2 N–H and O–H groups in total. The minimum Gasteiger partial charge on any atom is -0.458 e. The number of rotatable bonds is 7. The lowest BCUT2D eigenvalue weighted by molar-refractivity contribution is -0.235. The predicted octanol–water partition coefficient (Wildman–Crippen LogP) is 1.50. The van der Waals surface area contributed by atoms with Gasteiger partial charge in [0.1, 0.15) is 29.8 Å². The van der Waals surface area contributed by atoms with E-state index in [1.807, 2.05) is 24.3 Å². The van der Waals surface area contributed by atoms with E-state index >= 15 is 0 Å². The van der Waals surface area contributed by atoms with Crippen molar-refractivity contribution in [2.75, 3.05) is 13.2 Å². The third-order valence-corrected chi connectivity index (χ3v) is 9.64. The van der Waals surface area contributed by atoms with Crippen LogP contribution in [-0.4, -0.2) is 71.4 Å². The number of hydrogen-bond acceptors (Lipinski definition) is 8. The fourth-order valence-electron chi connectivity index (χ4n) is 6.80. The van der Waals surface area contributed by atoms with Crippen LogP contribution in [0.3, 0.4) is 0 Å². The first-order chi connectivity index (χ1) is 17.0. The third kappa shape index (κ3) is 3.29. The van der Waals surface area contributed by atoms with Gasteiger partial charge in [-0.2, -0.15) is 5.06 Å². The monoisotopic (exact) mass is 596 g/mol. The summed E-state index contributed by atoms with van der Waals surface area (Å²) < 4.78 is 20.5. The lowest BCUT2D eigenvalue weighted by atomic mass is 9.62. The molecule has 7 rings (SSSR count). The lowest BCUT2D eigenvalue weighted by Crippen LogP contribution is -2.69. The van der Waals surface area contributed by atoms with Crippen molar-refractivity contribution in [3.63, 3.8) is 0 Å². The molecule has 188 valence electrons. The number of esters is 1. The van der Waals surface area contributed by atoms with E-state index in [2.05, 4.69) is 27.9 Å². The average Bonchev–Trinajstić information content (AvgIpc) is 3.78. The fourth-order valence-corrected chi connectivity index (χ4v) is 7.35. The SMILES string of the molecule is O=C1O[C@@H]2C[C@@]3(C(=O)NCCO)[C@H](ON(Cc4ccccc4I)[C@@H]13)[C@H]1OC(C3CC3)(C3CC3)O[C@H]12. The summed E-state index contributed by atoms with van der Waals surface area (Å²) in [5.74, 6) is -0.746. The highest BCUT2D eigenvalue weighted by molar-refractivity contribution is 14.1. The molecule has 3 saturated heterocycles. The van der Waals surface area contributed by atoms with Gasteiger partial charge in [-0.1, -0.05) is 18.2 Å². The molecule has 1 aromatic rings. The van der Waals surface area contributed by atoms with Crippen LogP contribution in [0.15, 0.2) is 24.3 Å². The molecule has 3 saturated carbocycles. The first kappa shape index (κ1) is 22.9. The molecule has 0 unspecified atom stereocenters. The smallest absolute Gasteiger partial charge is 0.327 e. The highest BCUT2D eigenvalue weighted by Crippen LogP contribution is 2.63. The second-order valence-corrected chi connectivity index (χ2v) is 11.9. The number of aliphatic hydroxyl groups is 1. The Morgan fingerprint density at radius 1 is 1.14 bits per heavy atom. The van der Waals surface area contributed by atoms with Crippen LogP contribution >= 0.6 is 22.6 Å². The van der Waals surface area contributed by atoms with Crippen LogP contribution < -0.4 is 5.32 Å². The van der Waals surface area contributed by atoms with E-state index in [1.54, 1.807) is 5.06 Å². The minimum atomic E-state index is -1.18. The van der Waals surface area contributed by atoms with Gasteiger partial charge in [0.2, 0.25) is 5.91 Å². The number of fused-ring (bicyclic) bond motifs is 4. The van der Waals surface area contributed by atoms with Crippen molar-refractivity contribution in [1.29, 1.82) is 0 Å². The van der Waals surface area contributed by atoms with E-state index < -0.39 is 47.6 Å². The van der Waals surface area contributed by atoms with Gasteiger partial charge < -0.3 is 24.6 Å². The highest BCUT2D eigenvalue weighted by Gasteiger charge is 2.78. The second-order valence-electron chi connectivity index (χ2n) is 10.7. The average molecular weight is 596 g/mol. The molecule has 0 radical (unpaired) electrons. The van der Waals surface area contributed by atoms with Crippen molar-refractivity contribution in [3.05, 3.63) is 33.4 Å². The molecule has 3 heterocycles. The molecule has 6 aliphatic rings. The van der Waals surface area contributed by atoms with Gasteiger partial charge in [0.05, 0.1) is 13.2 Å². The second kappa shape index (κ2) is 8.09. The molecule has 9 nitrogen and oxygen atoms in total. The normalized spacial score (nSPS) is 39.3. The first-order valence-electron chi connectivity index (χ1n) is 12.6. The molecule has 0 aromatic heterocycles. The zero-order chi connectivity index (χ0) is 23.9. The number of aliphatic hydroxyl groups excluding tert-OH is 1. The van der Waals surface area contributed by atoms with Crippen LogP contribution in [0.1, 0.15) is 37.7 Å². The van der Waals surface area contributed by atoms with Gasteiger partial charge in [-0.3, -0.25) is 14.4 Å². The number of hydroxylamine groups is 2. The Balaban J connectivity index is 1.29. The van der Waals surface area contributed by atoms with Gasteiger partial charge in [0, 0.05) is 28.4 Å². The summed E-state index contributed by atoms with van der Waals surface area (Å²) in [7, 11) is 0. The predicted molar refractivity (Wildman–Crippen MR) is 128 cm³/mol. The summed E-state index contributed by atoms with van der Waals surface area (Å²) in [5, 5.41) is 13.8. The van der Waals surface area contributed by atoms with Crippen LogP contribution in [0.4, 0.5) is 0 Å². The fraction of sp³-hybridized carbons (Fsp3) is 0.680. The number of carbonyl (C=O) groups excluding carboxylic acids is 2. The van der Waals surface area contributed by atoms with Gasteiger partial charge in [0.25, 0.3) is 0 Å². The summed E-state index contributed by atoms with van der Waals surface area (Å²) in [6.07, 6.45) is 2.35. The maximum atomic E-state index is 13.8. The van der Waals surface area contributed by atoms with Gasteiger partial charge in [-0.25, -0.2) is 0 Å². The van der Waals surface area contributed by atoms with Crippen LogP contribution in [0.5, 0.6) is 0 Å². The number of carbonyl (C=O) groups is 2. The van der Waals surface area contributed by atoms with Gasteiger partial charge in [0.15, 0.2) is 11.8 Å². The number of ether oxygens (including phenoxy) is 3. The van der Waals surface area contributed by atoms with Gasteiger partial charge in [-0.05, 0) is 59.9 Å². The Morgan fingerprint density at radius 2 is 1.86 bits per heavy atom. The molecule has 1 amide bonds. The van der Waals surface area contributed by atoms with Crippen molar-refractivity contribution in [3.8, 4) is 0 Å². The lowest BCUT2D eigenvalue weighted by Gasteiger charge is -2.48. The first-order valence-corrected chi connectivity index (χ1v) is 13.7. The maximum absolute atomic E-state index is 13.8. The van der Waals surface area contributed by atoms with E-state index in [1.165, 1.54) is 0 Å². The molecular formula is C25H29IN2O7. The Labute approximate surface area is 216 Å². The maximum Gasteiger partial charge on any atom is 0.327 e. The Kier molecular flexibility index (Phi) is 5.28. The number of amides is 1. The molecule has 1 aromatic carbocycles. The minimum absolute atomic E-state index is 0.107. The van der Waals surface area contributed by atoms with E-state index in [0.717, 1.165) is 34.8 Å². The van der Waals surface area contributed by atoms with Crippen molar-refractivity contribution in [2.45, 2.75) is 74.9 Å². The Bertz CT molecular complexity index is 1050.